The van der Waals surface area contributed by atoms with Crippen molar-refractivity contribution in [3.63, 3.8) is 0 Å². The fourth-order valence-corrected chi connectivity index (χ4v) is 6.38. The first-order valence-corrected chi connectivity index (χ1v) is 13.8. The highest BCUT2D eigenvalue weighted by atomic mass is 32.2. The van der Waals surface area contributed by atoms with E-state index in [4.69, 9.17) is 5.21 Å². The van der Waals surface area contributed by atoms with E-state index in [1.165, 1.54) is 71.5 Å². The largest absolute Gasteiger partial charge is 0.345 e. The molecular formula is C26H31N5O2S2. The van der Waals surface area contributed by atoms with E-state index in [1.807, 2.05) is 0 Å². The Bertz CT molecular complexity index is 1120. The van der Waals surface area contributed by atoms with Crippen molar-refractivity contribution in [2.75, 3.05) is 44.2 Å². The van der Waals surface area contributed by atoms with Crippen LogP contribution in [0, 0.1) is 0 Å². The Morgan fingerprint density at radius 3 is 2.49 bits per heavy atom. The number of nitrogens with one attached hydrogen (secondary N) is 1. The molecule has 3 heterocycles. The number of thiazole rings is 1. The van der Waals surface area contributed by atoms with E-state index in [0.29, 0.717) is 4.88 Å². The van der Waals surface area contributed by atoms with Crippen molar-refractivity contribution in [3.8, 4) is 11.1 Å². The number of hydroxylamine groups is 1. The molecule has 184 valence electrons. The van der Waals surface area contributed by atoms with Crippen LogP contribution < -0.4 is 10.4 Å². The van der Waals surface area contributed by atoms with Crippen LogP contribution in [0.5, 0.6) is 0 Å². The molecule has 2 aromatic carbocycles. The van der Waals surface area contributed by atoms with Gasteiger partial charge in [0, 0.05) is 37.6 Å². The number of rotatable bonds is 7. The van der Waals surface area contributed by atoms with Crippen LogP contribution in [0.25, 0.3) is 11.1 Å². The quantitative estimate of drug-likeness (QED) is 0.271. The van der Waals surface area contributed by atoms with Gasteiger partial charge in [-0.1, -0.05) is 48.1 Å². The lowest BCUT2D eigenvalue weighted by Gasteiger charge is -2.33. The van der Waals surface area contributed by atoms with Gasteiger partial charge in [-0.3, -0.25) is 14.9 Å². The zero-order valence-electron chi connectivity index (χ0n) is 19.7. The summed E-state index contributed by atoms with van der Waals surface area (Å²) in [7, 11) is 0. The lowest BCUT2D eigenvalue weighted by atomic mass is 10.0. The van der Waals surface area contributed by atoms with Crippen molar-refractivity contribution in [3.05, 3.63) is 65.2 Å². The number of carbonyl (C=O) groups is 1. The van der Waals surface area contributed by atoms with E-state index >= 15 is 0 Å². The van der Waals surface area contributed by atoms with Gasteiger partial charge in [0.15, 0.2) is 5.13 Å². The summed E-state index contributed by atoms with van der Waals surface area (Å²) in [4.78, 5) is 22.3. The normalized spacial score (nSPS) is 17.5. The van der Waals surface area contributed by atoms with Crippen LogP contribution in [0.1, 0.15) is 34.5 Å². The van der Waals surface area contributed by atoms with Gasteiger partial charge in [-0.15, -0.1) is 0 Å². The fourth-order valence-electron chi connectivity index (χ4n) is 4.62. The van der Waals surface area contributed by atoms with E-state index in [9.17, 15) is 4.79 Å². The molecule has 5 rings (SSSR count). The van der Waals surface area contributed by atoms with Gasteiger partial charge < -0.3 is 4.90 Å². The molecule has 9 heteroatoms. The predicted molar refractivity (Wildman–Crippen MR) is 142 cm³/mol. The van der Waals surface area contributed by atoms with Gasteiger partial charge in [0.05, 0.1) is 6.20 Å². The van der Waals surface area contributed by atoms with Gasteiger partial charge in [-0.2, -0.15) is 0 Å². The van der Waals surface area contributed by atoms with E-state index in [-0.39, 0.29) is 0 Å². The highest BCUT2D eigenvalue weighted by molar-refractivity contribution is 7.97. The smallest absolute Gasteiger partial charge is 0.286 e. The molecular weight excluding hydrogens is 478 g/mol. The zero-order valence-corrected chi connectivity index (χ0v) is 21.4. The van der Waals surface area contributed by atoms with Crippen LogP contribution in [0.3, 0.4) is 0 Å². The summed E-state index contributed by atoms with van der Waals surface area (Å²) in [5.74, 6) is -0.514. The average molecular weight is 510 g/mol. The second kappa shape index (κ2) is 11.5. The minimum atomic E-state index is -0.514. The number of amides is 1. The summed E-state index contributed by atoms with van der Waals surface area (Å²) in [6.45, 7) is 7.00. The number of anilines is 1. The summed E-state index contributed by atoms with van der Waals surface area (Å²) in [5, 5.41) is 9.61. The van der Waals surface area contributed by atoms with Crippen LogP contribution in [0.2, 0.25) is 0 Å². The molecule has 0 bridgehead atoms. The number of piperazine rings is 1. The maximum Gasteiger partial charge on any atom is 0.286 e. The van der Waals surface area contributed by atoms with Crippen LogP contribution in [-0.2, 0) is 6.54 Å². The molecule has 2 saturated heterocycles. The topological polar surface area (TPSA) is 71.9 Å². The molecule has 0 saturated carbocycles. The van der Waals surface area contributed by atoms with Gasteiger partial charge in [-0.25, -0.2) is 14.8 Å². The summed E-state index contributed by atoms with van der Waals surface area (Å²) in [6, 6.07) is 17.8. The first-order chi connectivity index (χ1) is 17.2. The molecule has 1 aromatic heterocycles. The molecule has 2 aliphatic heterocycles. The molecule has 1 amide bonds. The third-order valence-electron chi connectivity index (χ3n) is 6.53. The molecule has 35 heavy (non-hydrogen) atoms. The van der Waals surface area contributed by atoms with Crippen LogP contribution in [-0.4, -0.2) is 64.6 Å². The maximum absolute atomic E-state index is 11.6. The number of benzene rings is 2. The number of piperidine rings is 1. The Morgan fingerprint density at radius 1 is 0.971 bits per heavy atom. The van der Waals surface area contributed by atoms with Crippen LogP contribution >= 0.6 is 23.3 Å². The number of nitrogens with zero attached hydrogens (tertiary/aromatic N) is 4. The van der Waals surface area contributed by atoms with Crippen LogP contribution in [0.4, 0.5) is 5.13 Å². The van der Waals surface area contributed by atoms with Gasteiger partial charge in [0.25, 0.3) is 5.91 Å². The Balaban J connectivity index is 1.14. The van der Waals surface area contributed by atoms with Crippen molar-refractivity contribution in [2.45, 2.75) is 30.7 Å². The molecule has 0 atom stereocenters. The van der Waals surface area contributed by atoms with Crippen molar-refractivity contribution in [1.29, 1.82) is 0 Å². The Kier molecular flexibility index (Phi) is 8.00. The highest BCUT2D eigenvalue weighted by Crippen LogP contribution is 2.30. The first kappa shape index (κ1) is 24.3. The summed E-state index contributed by atoms with van der Waals surface area (Å²) in [5.41, 5.74) is 5.59. The lowest BCUT2D eigenvalue weighted by Crippen LogP contribution is -2.43. The third-order valence-corrected chi connectivity index (χ3v) is 8.70. The van der Waals surface area contributed by atoms with E-state index in [2.05, 4.69) is 67.6 Å². The number of likely N-dealkylation sites (tertiary alicyclic amines) is 1. The molecule has 2 N–H and O–H groups in total. The highest BCUT2D eigenvalue weighted by Gasteiger charge is 2.21. The number of carbonyl (C=O) groups excluding carboxylic acids is 1. The zero-order chi connectivity index (χ0) is 24.0. The van der Waals surface area contributed by atoms with Crippen molar-refractivity contribution < 1.29 is 10.0 Å². The lowest BCUT2D eigenvalue weighted by molar-refractivity contribution is 0.0710. The second-order valence-corrected chi connectivity index (χ2v) is 11.2. The molecule has 0 radical (unpaired) electrons. The standard InChI is InChI=1S/C26H31N5O2S2/c32-25(28-33)24-18-27-26(34-24)30-13-15-31(16-14-30)35-23-9-7-21(8-10-23)22-6-4-5-20(17-22)19-29-11-2-1-3-12-29/h4-10,17-18,33H,1-3,11-16,19H2,(H,28,32). The first-order valence-electron chi connectivity index (χ1n) is 12.2. The number of hydrogen-bond donors (Lipinski definition) is 2. The Morgan fingerprint density at radius 2 is 1.74 bits per heavy atom. The molecule has 2 aliphatic rings. The second-order valence-electron chi connectivity index (χ2n) is 9.02. The van der Waals surface area contributed by atoms with Crippen molar-refractivity contribution in [2.24, 2.45) is 0 Å². The third kappa shape index (κ3) is 6.23. The molecule has 0 unspecified atom stereocenters. The van der Waals surface area contributed by atoms with E-state index in [1.54, 1.807) is 17.4 Å². The minimum absolute atomic E-state index is 0.413. The molecule has 2 fully saturated rings. The summed E-state index contributed by atoms with van der Waals surface area (Å²) >= 11 is 3.09. The summed E-state index contributed by atoms with van der Waals surface area (Å²) in [6.07, 6.45) is 5.53. The van der Waals surface area contributed by atoms with Gasteiger partial charge >= 0.3 is 0 Å². The SMILES string of the molecule is O=C(NO)c1cnc(N2CCN(Sc3ccc(-c4cccc(CN5CCCCC5)c4)cc3)CC2)s1. The van der Waals surface area contributed by atoms with Crippen molar-refractivity contribution >= 4 is 34.3 Å². The van der Waals surface area contributed by atoms with E-state index in [0.717, 1.165) is 37.9 Å². The number of aromatic nitrogens is 1. The fraction of sp³-hybridized carbons (Fsp3) is 0.385. The van der Waals surface area contributed by atoms with E-state index < -0.39 is 5.91 Å². The molecule has 3 aromatic rings. The monoisotopic (exact) mass is 509 g/mol. The van der Waals surface area contributed by atoms with Gasteiger partial charge in [0.1, 0.15) is 4.88 Å². The molecule has 0 spiro atoms. The predicted octanol–water partition coefficient (Wildman–Crippen LogP) is 4.74. The average Bonchev–Trinajstić information content (AvgIpc) is 3.40. The Labute approximate surface area is 214 Å². The van der Waals surface area contributed by atoms with Crippen LogP contribution in [0.15, 0.2) is 59.6 Å². The Hall–Kier alpha value is -2.43. The van der Waals surface area contributed by atoms with Crippen molar-refractivity contribution in [1.82, 2.24) is 19.7 Å². The molecule has 0 aliphatic carbocycles. The van der Waals surface area contributed by atoms with Gasteiger partial charge in [-0.05, 0) is 72.8 Å². The van der Waals surface area contributed by atoms with Gasteiger partial charge in [0.2, 0.25) is 0 Å². The number of hydrogen-bond acceptors (Lipinski definition) is 8. The maximum atomic E-state index is 11.6. The minimum Gasteiger partial charge on any atom is -0.345 e. The summed E-state index contributed by atoms with van der Waals surface area (Å²) < 4.78 is 2.37. The molecule has 7 nitrogen and oxygen atoms in total.